The summed E-state index contributed by atoms with van der Waals surface area (Å²) < 4.78 is 13.9. The molecule has 21 heavy (non-hydrogen) atoms. The predicted molar refractivity (Wildman–Crippen MR) is 79.3 cm³/mol. The number of aliphatic hydroxyl groups is 1. The van der Waals surface area contributed by atoms with E-state index in [2.05, 4.69) is 18.8 Å². The van der Waals surface area contributed by atoms with E-state index in [1.54, 1.807) is 11.0 Å². The fourth-order valence-electron chi connectivity index (χ4n) is 2.50. The summed E-state index contributed by atoms with van der Waals surface area (Å²) in [4.78, 5) is 14.1. The van der Waals surface area contributed by atoms with Gasteiger partial charge in [0, 0.05) is 25.1 Å². The molecule has 0 spiro atoms. The Bertz CT molecular complexity index is 574. The van der Waals surface area contributed by atoms with Crippen molar-refractivity contribution >= 4 is 5.91 Å². The van der Waals surface area contributed by atoms with E-state index in [9.17, 15) is 9.18 Å². The molecule has 1 aliphatic heterocycles. The molecule has 4 heteroatoms. The fourth-order valence-corrected chi connectivity index (χ4v) is 2.50. The number of benzene rings is 1. The maximum absolute atomic E-state index is 13.9. The van der Waals surface area contributed by atoms with E-state index >= 15 is 0 Å². The van der Waals surface area contributed by atoms with Crippen LogP contribution in [0.2, 0.25) is 0 Å². The smallest absolute Gasteiger partial charge is 0.253 e. The highest BCUT2D eigenvalue weighted by atomic mass is 19.1. The third kappa shape index (κ3) is 3.83. The average Bonchev–Trinajstić information content (AvgIpc) is 2.97. The third-order valence-corrected chi connectivity index (χ3v) is 3.83. The van der Waals surface area contributed by atoms with Gasteiger partial charge in [-0.1, -0.05) is 25.2 Å². The van der Waals surface area contributed by atoms with Crippen LogP contribution in [0, 0.1) is 23.6 Å². The number of halogens is 1. The highest BCUT2D eigenvalue weighted by molar-refractivity contribution is 5.94. The number of nitrogens with zero attached hydrogens (tertiary/aromatic N) is 1. The van der Waals surface area contributed by atoms with Crippen molar-refractivity contribution in [2.45, 2.75) is 26.2 Å². The van der Waals surface area contributed by atoms with Gasteiger partial charge in [-0.3, -0.25) is 4.79 Å². The Kier molecular flexibility index (Phi) is 5.35. The van der Waals surface area contributed by atoms with Crippen molar-refractivity contribution < 1.29 is 14.3 Å². The van der Waals surface area contributed by atoms with Crippen LogP contribution in [0.5, 0.6) is 0 Å². The Labute approximate surface area is 124 Å². The van der Waals surface area contributed by atoms with Crippen LogP contribution in [0.4, 0.5) is 4.39 Å². The molecule has 0 aliphatic carbocycles. The quantitative estimate of drug-likeness (QED) is 0.868. The lowest BCUT2D eigenvalue weighted by Gasteiger charge is -2.16. The number of amides is 1. The molecule has 1 aromatic carbocycles. The van der Waals surface area contributed by atoms with Crippen LogP contribution in [0.3, 0.4) is 0 Å². The molecule has 1 aromatic rings. The van der Waals surface area contributed by atoms with Gasteiger partial charge in [-0.25, -0.2) is 4.39 Å². The first-order valence-corrected chi connectivity index (χ1v) is 7.34. The van der Waals surface area contributed by atoms with Crippen molar-refractivity contribution in [2.75, 3.05) is 19.7 Å². The molecule has 1 aliphatic rings. The summed E-state index contributed by atoms with van der Waals surface area (Å²) in [7, 11) is 0. The number of likely N-dealkylation sites (tertiary alicyclic amines) is 1. The van der Waals surface area contributed by atoms with Gasteiger partial charge in [0.15, 0.2) is 0 Å². The van der Waals surface area contributed by atoms with Crippen LogP contribution >= 0.6 is 0 Å². The first-order valence-electron chi connectivity index (χ1n) is 7.34. The van der Waals surface area contributed by atoms with Crippen molar-refractivity contribution in [1.82, 2.24) is 4.90 Å². The largest absolute Gasteiger partial charge is 0.395 e. The summed E-state index contributed by atoms with van der Waals surface area (Å²) in [5, 5.41) is 8.65. The SMILES string of the molecule is CCC1CCN(C(=O)c2ccc(C#CCCO)c(F)c2)C1. The van der Waals surface area contributed by atoms with Crippen LogP contribution in [0.1, 0.15) is 42.1 Å². The molecular formula is C17H20FNO2. The molecule has 1 N–H and O–H groups in total. The van der Waals surface area contributed by atoms with Crippen LogP contribution < -0.4 is 0 Å². The summed E-state index contributed by atoms with van der Waals surface area (Å²) in [5.41, 5.74) is 0.629. The molecular weight excluding hydrogens is 269 g/mol. The van der Waals surface area contributed by atoms with Gasteiger partial charge >= 0.3 is 0 Å². The van der Waals surface area contributed by atoms with Crippen LogP contribution in [-0.2, 0) is 0 Å². The molecule has 1 saturated heterocycles. The Hall–Kier alpha value is -1.86. The van der Waals surface area contributed by atoms with Gasteiger partial charge in [0.05, 0.1) is 12.2 Å². The van der Waals surface area contributed by atoms with Crippen molar-refractivity contribution in [1.29, 1.82) is 0 Å². The van der Waals surface area contributed by atoms with E-state index in [0.717, 1.165) is 25.9 Å². The Morgan fingerprint density at radius 3 is 2.95 bits per heavy atom. The van der Waals surface area contributed by atoms with Gasteiger partial charge < -0.3 is 10.0 Å². The number of hydrogen-bond acceptors (Lipinski definition) is 2. The Morgan fingerprint density at radius 2 is 2.33 bits per heavy atom. The van der Waals surface area contributed by atoms with Crippen LogP contribution in [0.25, 0.3) is 0 Å². The molecule has 0 saturated carbocycles. The summed E-state index contributed by atoms with van der Waals surface area (Å²) in [6.45, 7) is 3.59. The minimum Gasteiger partial charge on any atom is -0.395 e. The number of carbonyl (C=O) groups excluding carboxylic acids is 1. The van der Waals surface area contributed by atoms with E-state index in [1.165, 1.54) is 12.1 Å². The fraction of sp³-hybridized carbons (Fsp3) is 0.471. The second-order valence-electron chi connectivity index (χ2n) is 5.28. The normalized spacial score (nSPS) is 17.5. The predicted octanol–water partition coefficient (Wildman–Crippen LogP) is 2.43. The number of hydrogen-bond donors (Lipinski definition) is 1. The summed E-state index contributed by atoms with van der Waals surface area (Å²) >= 11 is 0. The third-order valence-electron chi connectivity index (χ3n) is 3.83. The monoisotopic (exact) mass is 289 g/mol. The van der Waals surface area contributed by atoms with E-state index in [1.807, 2.05) is 0 Å². The molecule has 112 valence electrons. The summed E-state index contributed by atoms with van der Waals surface area (Å²) in [6, 6.07) is 4.40. The highest BCUT2D eigenvalue weighted by Gasteiger charge is 2.26. The molecule has 0 aromatic heterocycles. The zero-order chi connectivity index (χ0) is 15.2. The Morgan fingerprint density at radius 1 is 1.52 bits per heavy atom. The molecule has 1 atom stereocenters. The van der Waals surface area contributed by atoms with Crippen molar-refractivity contribution in [3.63, 3.8) is 0 Å². The van der Waals surface area contributed by atoms with Crippen LogP contribution in [0.15, 0.2) is 18.2 Å². The average molecular weight is 289 g/mol. The van der Waals surface area contributed by atoms with Gasteiger partial charge in [-0.15, -0.1) is 0 Å². The van der Waals surface area contributed by atoms with Crippen molar-refractivity contribution in [2.24, 2.45) is 5.92 Å². The maximum atomic E-state index is 13.9. The molecule has 0 radical (unpaired) electrons. The highest BCUT2D eigenvalue weighted by Crippen LogP contribution is 2.21. The van der Waals surface area contributed by atoms with E-state index in [4.69, 9.17) is 5.11 Å². The maximum Gasteiger partial charge on any atom is 0.253 e. The standard InChI is InChI=1S/C17H20FNO2/c1-2-13-8-9-19(12-13)17(21)15-7-6-14(16(18)11-15)5-3-4-10-20/h6-7,11,13,20H,2,4,8-10,12H2,1H3. The first-order chi connectivity index (χ1) is 10.2. The summed E-state index contributed by atoms with van der Waals surface area (Å²) in [5.74, 6) is 5.29. The lowest BCUT2D eigenvalue weighted by molar-refractivity contribution is 0.0786. The molecule has 1 amide bonds. The number of rotatable bonds is 3. The molecule has 1 unspecified atom stereocenters. The topological polar surface area (TPSA) is 40.5 Å². The van der Waals surface area contributed by atoms with E-state index < -0.39 is 5.82 Å². The molecule has 0 bridgehead atoms. The minimum absolute atomic E-state index is 0.0429. The molecule has 1 fully saturated rings. The van der Waals surface area contributed by atoms with Gasteiger partial charge in [0.1, 0.15) is 5.82 Å². The first kappa shape index (κ1) is 15.5. The van der Waals surface area contributed by atoms with Crippen molar-refractivity contribution in [3.8, 4) is 11.8 Å². The lowest BCUT2D eigenvalue weighted by Crippen LogP contribution is -2.28. The van der Waals surface area contributed by atoms with E-state index in [-0.39, 0.29) is 18.1 Å². The second-order valence-corrected chi connectivity index (χ2v) is 5.28. The zero-order valence-electron chi connectivity index (χ0n) is 12.2. The number of aliphatic hydroxyl groups excluding tert-OH is 1. The van der Waals surface area contributed by atoms with Gasteiger partial charge in [-0.05, 0) is 30.5 Å². The minimum atomic E-state index is -0.488. The molecule has 1 heterocycles. The molecule has 3 nitrogen and oxygen atoms in total. The lowest BCUT2D eigenvalue weighted by atomic mass is 10.1. The van der Waals surface area contributed by atoms with Gasteiger partial charge in [-0.2, -0.15) is 0 Å². The van der Waals surface area contributed by atoms with Gasteiger partial charge in [0.2, 0.25) is 0 Å². The number of carbonyl (C=O) groups is 1. The van der Waals surface area contributed by atoms with Crippen LogP contribution in [-0.4, -0.2) is 35.6 Å². The molecule has 2 rings (SSSR count). The Balaban J connectivity index is 2.10. The summed E-state index contributed by atoms with van der Waals surface area (Å²) in [6.07, 6.45) is 2.40. The second kappa shape index (κ2) is 7.24. The van der Waals surface area contributed by atoms with Crippen molar-refractivity contribution in [3.05, 3.63) is 35.1 Å². The van der Waals surface area contributed by atoms with Gasteiger partial charge in [0.25, 0.3) is 5.91 Å². The zero-order valence-corrected chi connectivity index (χ0v) is 12.2. The van der Waals surface area contributed by atoms with E-state index in [0.29, 0.717) is 17.9 Å².